The van der Waals surface area contributed by atoms with Crippen LogP contribution in [-0.4, -0.2) is 39.7 Å². The standard InChI is InChI=1S/C11H13ClN2O4/c1-6-4-7(5-9(12)13-6)10(16)14-8(2-3-15)11(17)18/h4-5,8,15H,2-3H2,1H3,(H,14,16)(H,17,18)/t8-/m1/s1. The first kappa shape index (κ1) is 14.4. The summed E-state index contributed by atoms with van der Waals surface area (Å²) in [5.74, 6) is -1.77. The molecule has 0 saturated heterocycles. The van der Waals surface area contributed by atoms with Gasteiger partial charge in [0, 0.05) is 24.3 Å². The fraction of sp³-hybridized carbons (Fsp3) is 0.364. The van der Waals surface area contributed by atoms with Gasteiger partial charge in [-0.05, 0) is 19.1 Å². The Kier molecular flexibility index (Phi) is 5.06. The zero-order valence-corrected chi connectivity index (χ0v) is 10.4. The molecule has 1 heterocycles. The van der Waals surface area contributed by atoms with Gasteiger partial charge in [-0.3, -0.25) is 4.79 Å². The van der Waals surface area contributed by atoms with Gasteiger partial charge in [-0.15, -0.1) is 0 Å². The molecule has 1 rings (SSSR count). The molecule has 0 bridgehead atoms. The molecule has 3 N–H and O–H groups in total. The van der Waals surface area contributed by atoms with E-state index in [1.54, 1.807) is 6.92 Å². The van der Waals surface area contributed by atoms with Crippen molar-refractivity contribution in [2.45, 2.75) is 19.4 Å². The first-order valence-electron chi connectivity index (χ1n) is 5.22. The largest absolute Gasteiger partial charge is 0.480 e. The molecule has 7 heteroatoms. The van der Waals surface area contributed by atoms with Crippen molar-refractivity contribution in [3.05, 3.63) is 28.5 Å². The molecule has 1 amide bonds. The van der Waals surface area contributed by atoms with Crippen LogP contribution in [0.5, 0.6) is 0 Å². The van der Waals surface area contributed by atoms with Crippen LogP contribution < -0.4 is 5.32 Å². The van der Waals surface area contributed by atoms with Gasteiger partial charge in [0.05, 0.1) is 0 Å². The number of nitrogens with zero attached hydrogens (tertiary/aromatic N) is 1. The number of aromatic nitrogens is 1. The van der Waals surface area contributed by atoms with Crippen LogP contribution in [0.3, 0.4) is 0 Å². The van der Waals surface area contributed by atoms with Crippen LogP contribution in [-0.2, 0) is 4.79 Å². The summed E-state index contributed by atoms with van der Waals surface area (Å²) in [7, 11) is 0. The van der Waals surface area contributed by atoms with Crippen molar-refractivity contribution in [2.75, 3.05) is 6.61 Å². The Morgan fingerprint density at radius 2 is 2.17 bits per heavy atom. The first-order chi connectivity index (χ1) is 8.43. The minimum absolute atomic E-state index is 0.0567. The lowest BCUT2D eigenvalue weighted by molar-refractivity contribution is -0.139. The Morgan fingerprint density at radius 3 is 2.67 bits per heavy atom. The normalized spacial score (nSPS) is 11.9. The van der Waals surface area contributed by atoms with Crippen LogP contribution in [0.15, 0.2) is 12.1 Å². The van der Waals surface area contributed by atoms with E-state index in [0.717, 1.165) is 0 Å². The molecule has 0 fully saturated rings. The molecule has 0 aliphatic heterocycles. The van der Waals surface area contributed by atoms with Crippen LogP contribution in [0.4, 0.5) is 0 Å². The molecule has 0 radical (unpaired) electrons. The number of carbonyl (C=O) groups is 2. The predicted molar refractivity (Wildman–Crippen MR) is 64.6 cm³/mol. The van der Waals surface area contributed by atoms with Crippen molar-refractivity contribution in [3.8, 4) is 0 Å². The highest BCUT2D eigenvalue weighted by atomic mass is 35.5. The lowest BCUT2D eigenvalue weighted by atomic mass is 10.1. The van der Waals surface area contributed by atoms with E-state index in [9.17, 15) is 9.59 Å². The second-order valence-electron chi connectivity index (χ2n) is 3.70. The van der Waals surface area contributed by atoms with E-state index >= 15 is 0 Å². The minimum atomic E-state index is -1.20. The van der Waals surface area contributed by atoms with Crippen molar-refractivity contribution in [1.82, 2.24) is 10.3 Å². The maximum absolute atomic E-state index is 11.8. The summed E-state index contributed by atoms with van der Waals surface area (Å²) >= 11 is 5.71. The highest BCUT2D eigenvalue weighted by Gasteiger charge is 2.20. The Bertz CT molecular complexity index is 444. The summed E-state index contributed by atoms with van der Waals surface area (Å²) in [4.78, 5) is 26.5. The first-order valence-corrected chi connectivity index (χ1v) is 5.60. The molecule has 1 aromatic rings. The molecule has 0 aromatic carbocycles. The molecular formula is C11H13ClN2O4. The highest BCUT2D eigenvalue weighted by Crippen LogP contribution is 2.10. The smallest absolute Gasteiger partial charge is 0.326 e. The fourth-order valence-electron chi connectivity index (χ4n) is 1.39. The Hall–Kier alpha value is -1.66. The van der Waals surface area contributed by atoms with E-state index < -0.39 is 17.9 Å². The van der Waals surface area contributed by atoms with Gasteiger partial charge in [0.15, 0.2) is 0 Å². The average molecular weight is 273 g/mol. The third kappa shape index (κ3) is 3.97. The molecule has 0 aliphatic carbocycles. The molecule has 98 valence electrons. The number of carboxylic acids is 1. The van der Waals surface area contributed by atoms with E-state index in [0.29, 0.717) is 5.69 Å². The summed E-state index contributed by atoms with van der Waals surface area (Å²) in [6.45, 7) is 1.35. The van der Waals surface area contributed by atoms with Crippen LogP contribution in [0.1, 0.15) is 22.5 Å². The Balaban J connectivity index is 2.83. The van der Waals surface area contributed by atoms with E-state index in [4.69, 9.17) is 21.8 Å². The second kappa shape index (κ2) is 6.32. The molecule has 0 spiro atoms. The summed E-state index contributed by atoms with van der Waals surface area (Å²) in [6, 6.07) is 1.72. The van der Waals surface area contributed by atoms with Crippen LogP contribution >= 0.6 is 11.6 Å². The zero-order chi connectivity index (χ0) is 13.7. The van der Waals surface area contributed by atoms with Gasteiger partial charge in [0.25, 0.3) is 5.91 Å². The number of aliphatic carboxylic acids is 1. The maximum atomic E-state index is 11.8. The number of carbonyl (C=O) groups excluding carboxylic acids is 1. The summed E-state index contributed by atoms with van der Waals surface area (Å²) < 4.78 is 0. The lowest BCUT2D eigenvalue weighted by Gasteiger charge is -2.13. The second-order valence-corrected chi connectivity index (χ2v) is 4.08. The fourth-order valence-corrected chi connectivity index (χ4v) is 1.64. The van der Waals surface area contributed by atoms with Crippen molar-refractivity contribution in [2.24, 2.45) is 0 Å². The quantitative estimate of drug-likeness (QED) is 0.682. The number of pyridine rings is 1. The number of carboxylic acid groups (broad SMARTS) is 1. The predicted octanol–water partition coefficient (Wildman–Crippen LogP) is 0.609. The Morgan fingerprint density at radius 1 is 1.50 bits per heavy atom. The van der Waals surface area contributed by atoms with Gasteiger partial charge in [0.2, 0.25) is 0 Å². The molecule has 1 aromatic heterocycles. The van der Waals surface area contributed by atoms with E-state index in [-0.39, 0.29) is 23.7 Å². The maximum Gasteiger partial charge on any atom is 0.326 e. The number of amides is 1. The van der Waals surface area contributed by atoms with Crippen LogP contribution in [0.2, 0.25) is 5.15 Å². The third-order valence-electron chi connectivity index (χ3n) is 2.21. The number of aliphatic hydroxyl groups excluding tert-OH is 1. The van der Waals surface area contributed by atoms with Gasteiger partial charge in [-0.1, -0.05) is 11.6 Å². The van der Waals surface area contributed by atoms with Crippen LogP contribution in [0, 0.1) is 6.92 Å². The molecule has 0 saturated carbocycles. The number of rotatable bonds is 5. The summed E-state index contributed by atoms with van der Waals surface area (Å²) in [5, 5.41) is 20.0. The lowest BCUT2D eigenvalue weighted by Crippen LogP contribution is -2.41. The van der Waals surface area contributed by atoms with Crippen molar-refractivity contribution < 1.29 is 19.8 Å². The number of aryl methyl sites for hydroxylation is 1. The van der Waals surface area contributed by atoms with Crippen LogP contribution in [0.25, 0.3) is 0 Å². The highest BCUT2D eigenvalue weighted by molar-refractivity contribution is 6.29. The SMILES string of the molecule is Cc1cc(C(=O)N[C@H](CCO)C(=O)O)cc(Cl)n1. The number of hydrogen-bond donors (Lipinski definition) is 3. The average Bonchev–Trinajstić information content (AvgIpc) is 2.26. The zero-order valence-electron chi connectivity index (χ0n) is 9.68. The van der Waals surface area contributed by atoms with E-state index in [1.165, 1.54) is 12.1 Å². The monoisotopic (exact) mass is 272 g/mol. The van der Waals surface area contributed by atoms with Gasteiger partial charge < -0.3 is 15.5 Å². The van der Waals surface area contributed by atoms with Gasteiger partial charge in [-0.25, -0.2) is 9.78 Å². The third-order valence-corrected chi connectivity index (χ3v) is 2.40. The topological polar surface area (TPSA) is 99.5 Å². The number of hydrogen-bond acceptors (Lipinski definition) is 4. The summed E-state index contributed by atoms with van der Waals surface area (Å²) in [5.41, 5.74) is 0.790. The van der Waals surface area contributed by atoms with E-state index in [1.807, 2.05) is 0 Å². The van der Waals surface area contributed by atoms with E-state index in [2.05, 4.69) is 10.3 Å². The van der Waals surface area contributed by atoms with Gasteiger partial charge >= 0.3 is 5.97 Å². The summed E-state index contributed by atoms with van der Waals surface area (Å²) in [6.07, 6.45) is -0.0567. The molecular weight excluding hydrogens is 260 g/mol. The van der Waals surface area contributed by atoms with Crippen molar-refractivity contribution in [3.63, 3.8) is 0 Å². The van der Waals surface area contributed by atoms with Gasteiger partial charge in [-0.2, -0.15) is 0 Å². The molecule has 0 unspecified atom stereocenters. The number of halogens is 1. The van der Waals surface area contributed by atoms with Crippen molar-refractivity contribution >= 4 is 23.5 Å². The van der Waals surface area contributed by atoms with Gasteiger partial charge in [0.1, 0.15) is 11.2 Å². The molecule has 6 nitrogen and oxygen atoms in total. The Labute approximate surface area is 109 Å². The van der Waals surface area contributed by atoms with Crippen molar-refractivity contribution in [1.29, 1.82) is 0 Å². The molecule has 1 atom stereocenters. The minimum Gasteiger partial charge on any atom is -0.480 e. The number of nitrogens with one attached hydrogen (secondary N) is 1. The molecule has 18 heavy (non-hydrogen) atoms. The molecule has 0 aliphatic rings. The number of aliphatic hydroxyl groups is 1.